The van der Waals surface area contributed by atoms with Crippen molar-refractivity contribution in [2.45, 2.75) is 38.5 Å². The third-order valence-electron chi connectivity index (χ3n) is 5.02. The van der Waals surface area contributed by atoms with E-state index in [0.29, 0.717) is 43.9 Å². The predicted molar refractivity (Wildman–Crippen MR) is 101 cm³/mol. The van der Waals surface area contributed by atoms with Gasteiger partial charge in [-0.1, -0.05) is 22.9 Å². The number of piperazine rings is 1. The third kappa shape index (κ3) is 4.22. The highest BCUT2D eigenvalue weighted by Gasteiger charge is 2.30. The minimum atomic E-state index is -3.51. The summed E-state index contributed by atoms with van der Waals surface area (Å²) >= 11 is 0. The number of amides is 1. The van der Waals surface area contributed by atoms with Gasteiger partial charge in [0.05, 0.1) is 10.6 Å². The van der Waals surface area contributed by atoms with E-state index in [0.717, 1.165) is 22.6 Å². The van der Waals surface area contributed by atoms with Gasteiger partial charge in [0.25, 0.3) is 0 Å². The SMILES string of the molecule is Cc1ccc(S(=O)(=O)N2CCN(C(=O)CCc3c(C)noc3C)CC2)cc1. The zero-order chi connectivity index (χ0) is 19.6. The Morgan fingerprint density at radius 1 is 1.07 bits per heavy atom. The normalized spacial score (nSPS) is 15.9. The molecule has 1 saturated heterocycles. The van der Waals surface area contributed by atoms with Gasteiger partial charge in [-0.3, -0.25) is 4.79 Å². The summed E-state index contributed by atoms with van der Waals surface area (Å²) in [7, 11) is -3.51. The van der Waals surface area contributed by atoms with Crippen LogP contribution in [-0.4, -0.2) is 54.9 Å². The Morgan fingerprint density at radius 2 is 1.70 bits per heavy atom. The molecule has 3 rings (SSSR count). The fourth-order valence-corrected chi connectivity index (χ4v) is 4.71. The van der Waals surface area contributed by atoms with E-state index in [1.165, 1.54) is 4.31 Å². The minimum Gasteiger partial charge on any atom is -0.361 e. The van der Waals surface area contributed by atoms with Crippen molar-refractivity contribution in [3.05, 3.63) is 46.8 Å². The van der Waals surface area contributed by atoms with Crippen LogP contribution in [0.25, 0.3) is 0 Å². The van der Waals surface area contributed by atoms with Crippen LogP contribution in [0.4, 0.5) is 0 Å². The number of carbonyl (C=O) groups excluding carboxylic acids is 1. The maximum Gasteiger partial charge on any atom is 0.243 e. The van der Waals surface area contributed by atoms with Gasteiger partial charge in [0.15, 0.2) is 0 Å². The van der Waals surface area contributed by atoms with Crippen molar-refractivity contribution in [1.29, 1.82) is 0 Å². The highest BCUT2D eigenvalue weighted by Crippen LogP contribution is 2.19. The molecule has 0 N–H and O–H groups in total. The topological polar surface area (TPSA) is 83.7 Å². The molecule has 1 aromatic carbocycles. The fraction of sp³-hybridized carbons (Fsp3) is 0.474. The van der Waals surface area contributed by atoms with Gasteiger partial charge in [-0.25, -0.2) is 8.42 Å². The van der Waals surface area contributed by atoms with Crippen LogP contribution in [0, 0.1) is 20.8 Å². The molecule has 0 unspecified atom stereocenters. The molecule has 1 aliphatic rings. The van der Waals surface area contributed by atoms with Crippen LogP contribution < -0.4 is 0 Å². The number of aromatic nitrogens is 1. The first-order chi connectivity index (χ1) is 12.8. The largest absolute Gasteiger partial charge is 0.361 e. The van der Waals surface area contributed by atoms with E-state index in [-0.39, 0.29) is 5.91 Å². The quantitative estimate of drug-likeness (QED) is 0.779. The Labute approximate surface area is 160 Å². The fourth-order valence-electron chi connectivity index (χ4n) is 3.29. The van der Waals surface area contributed by atoms with E-state index in [4.69, 9.17) is 4.52 Å². The molecular weight excluding hydrogens is 366 g/mol. The Morgan fingerprint density at radius 3 is 2.26 bits per heavy atom. The molecule has 0 aliphatic carbocycles. The smallest absolute Gasteiger partial charge is 0.243 e. The molecule has 2 heterocycles. The Bertz CT molecular complexity index is 891. The van der Waals surface area contributed by atoms with Crippen LogP contribution in [0.3, 0.4) is 0 Å². The second-order valence-corrected chi connectivity index (χ2v) is 8.84. The molecule has 0 spiro atoms. The maximum atomic E-state index is 12.7. The van der Waals surface area contributed by atoms with Crippen molar-refractivity contribution >= 4 is 15.9 Å². The zero-order valence-corrected chi connectivity index (χ0v) is 16.8. The highest BCUT2D eigenvalue weighted by molar-refractivity contribution is 7.89. The Kier molecular flexibility index (Phi) is 5.67. The van der Waals surface area contributed by atoms with Crippen LogP contribution >= 0.6 is 0 Å². The molecule has 146 valence electrons. The van der Waals surface area contributed by atoms with Gasteiger partial charge in [-0.05, 0) is 39.3 Å². The van der Waals surface area contributed by atoms with E-state index in [2.05, 4.69) is 5.16 Å². The number of nitrogens with zero attached hydrogens (tertiary/aromatic N) is 3. The van der Waals surface area contributed by atoms with E-state index < -0.39 is 10.0 Å². The van der Waals surface area contributed by atoms with Crippen LogP contribution in [0.1, 0.15) is 29.0 Å². The average Bonchev–Trinajstić information content (AvgIpc) is 2.98. The first-order valence-electron chi connectivity index (χ1n) is 9.05. The van der Waals surface area contributed by atoms with E-state index in [1.807, 2.05) is 20.8 Å². The second kappa shape index (κ2) is 7.82. The third-order valence-corrected chi connectivity index (χ3v) is 6.93. The van der Waals surface area contributed by atoms with Crippen molar-refractivity contribution in [2.75, 3.05) is 26.2 Å². The van der Waals surface area contributed by atoms with Gasteiger partial charge in [0.1, 0.15) is 5.76 Å². The summed E-state index contributed by atoms with van der Waals surface area (Å²) in [6, 6.07) is 6.85. The predicted octanol–water partition coefficient (Wildman–Crippen LogP) is 2.07. The zero-order valence-electron chi connectivity index (χ0n) is 15.9. The van der Waals surface area contributed by atoms with Gasteiger partial charge in [-0.15, -0.1) is 0 Å². The highest BCUT2D eigenvalue weighted by atomic mass is 32.2. The molecule has 1 amide bonds. The number of hydrogen-bond donors (Lipinski definition) is 0. The maximum absolute atomic E-state index is 12.7. The molecule has 0 bridgehead atoms. The molecule has 2 aromatic rings. The standard InChI is InChI=1S/C19H25N3O4S/c1-14-4-6-17(7-5-14)27(24,25)22-12-10-21(11-13-22)19(23)9-8-18-15(2)20-26-16(18)3/h4-7H,8-13H2,1-3H3. The molecule has 0 atom stereocenters. The van der Waals surface area contributed by atoms with Crippen LogP contribution in [0.5, 0.6) is 0 Å². The first kappa shape index (κ1) is 19.6. The Balaban J connectivity index is 1.56. The van der Waals surface area contributed by atoms with Crippen molar-refractivity contribution in [3.8, 4) is 0 Å². The molecule has 1 aliphatic heterocycles. The summed E-state index contributed by atoms with van der Waals surface area (Å²) in [5, 5.41) is 3.90. The van der Waals surface area contributed by atoms with Crippen LogP contribution in [0.2, 0.25) is 0 Å². The number of rotatable bonds is 5. The number of sulfonamides is 1. The lowest BCUT2D eigenvalue weighted by Gasteiger charge is -2.34. The Hall–Kier alpha value is -2.19. The molecular formula is C19H25N3O4S. The minimum absolute atomic E-state index is 0.0300. The number of aryl methyl sites for hydroxylation is 3. The monoisotopic (exact) mass is 391 g/mol. The lowest BCUT2D eigenvalue weighted by atomic mass is 10.1. The summed E-state index contributed by atoms with van der Waals surface area (Å²) in [6.07, 6.45) is 0.954. The first-order valence-corrected chi connectivity index (χ1v) is 10.5. The average molecular weight is 391 g/mol. The summed E-state index contributed by atoms with van der Waals surface area (Å²) < 4.78 is 32.1. The second-order valence-electron chi connectivity index (χ2n) is 6.90. The number of benzene rings is 1. The molecule has 8 heteroatoms. The van der Waals surface area contributed by atoms with Crippen molar-refractivity contribution in [3.63, 3.8) is 0 Å². The molecule has 1 aromatic heterocycles. The van der Waals surface area contributed by atoms with Crippen LogP contribution in [0.15, 0.2) is 33.7 Å². The van der Waals surface area contributed by atoms with Gasteiger partial charge in [0.2, 0.25) is 15.9 Å². The van der Waals surface area contributed by atoms with E-state index >= 15 is 0 Å². The molecule has 1 fully saturated rings. The van der Waals surface area contributed by atoms with Gasteiger partial charge in [-0.2, -0.15) is 4.31 Å². The summed E-state index contributed by atoms with van der Waals surface area (Å²) in [5.74, 6) is 0.775. The lowest BCUT2D eigenvalue weighted by Crippen LogP contribution is -2.50. The summed E-state index contributed by atoms with van der Waals surface area (Å²) in [5.41, 5.74) is 2.81. The summed E-state index contributed by atoms with van der Waals surface area (Å²) in [4.78, 5) is 14.5. The van der Waals surface area contributed by atoms with Crippen molar-refractivity contribution in [1.82, 2.24) is 14.4 Å². The lowest BCUT2D eigenvalue weighted by molar-refractivity contribution is -0.132. The van der Waals surface area contributed by atoms with E-state index in [1.54, 1.807) is 29.2 Å². The van der Waals surface area contributed by atoms with E-state index in [9.17, 15) is 13.2 Å². The molecule has 7 nitrogen and oxygen atoms in total. The van der Waals surface area contributed by atoms with Gasteiger partial charge < -0.3 is 9.42 Å². The molecule has 0 saturated carbocycles. The van der Waals surface area contributed by atoms with Gasteiger partial charge in [0, 0.05) is 38.2 Å². The van der Waals surface area contributed by atoms with Crippen LogP contribution in [-0.2, 0) is 21.2 Å². The summed E-state index contributed by atoms with van der Waals surface area (Å²) in [6.45, 7) is 7.07. The van der Waals surface area contributed by atoms with Crippen molar-refractivity contribution in [2.24, 2.45) is 0 Å². The number of hydrogen-bond acceptors (Lipinski definition) is 5. The molecule has 0 radical (unpaired) electrons. The molecule has 27 heavy (non-hydrogen) atoms. The van der Waals surface area contributed by atoms with Gasteiger partial charge >= 0.3 is 0 Å². The van der Waals surface area contributed by atoms with Crippen molar-refractivity contribution < 1.29 is 17.7 Å². The number of carbonyl (C=O) groups is 1.